The van der Waals surface area contributed by atoms with Crippen LogP contribution in [0.5, 0.6) is 5.75 Å². The molecule has 0 bridgehead atoms. The fourth-order valence-electron chi connectivity index (χ4n) is 4.59. The zero-order chi connectivity index (χ0) is 25.5. The quantitative estimate of drug-likeness (QED) is 0.418. The lowest BCUT2D eigenvalue weighted by molar-refractivity contribution is -0.143. The Morgan fingerprint density at radius 1 is 1.11 bits per heavy atom. The molecule has 0 saturated carbocycles. The number of hydrogen-bond donors (Lipinski definition) is 3. The SMILES string of the molecule is CCCCN1C(=O)CCC(C(=O)NNC(=O)c2cc(-c3ccccc3)n[nH]2)C1c1ccccc1OC. The van der Waals surface area contributed by atoms with Gasteiger partial charge in [-0.2, -0.15) is 5.10 Å². The van der Waals surface area contributed by atoms with Gasteiger partial charge in [-0.15, -0.1) is 0 Å². The molecule has 0 aliphatic carbocycles. The Morgan fingerprint density at radius 2 is 1.86 bits per heavy atom. The molecule has 1 aliphatic rings. The number of para-hydroxylation sites is 1. The molecule has 1 saturated heterocycles. The molecule has 2 aromatic carbocycles. The number of hydrogen-bond acceptors (Lipinski definition) is 5. The summed E-state index contributed by atoms with van der Waals surface area (Å²) in [5.41, 5.74) is 7.54. The molecule has 3 N–H and O–H groups in total. The van der Waals surface area contributed by atoms with Crippen LogP contribution in [-0.2, 0) is 9.59 Å². The number of ether oxygens (including phenoxy) is 1. The number of methoxy groups -OCH3 is 1. The number of piperidine rings is 1. The van der Waals surface area contributed by atoms with E-state index in [9.17, 15) is 14.4 Å². The molecular formula is C27H31N5O4. The highest BCUT2D eigenvalue weighted by Gasteiger charge is 2.41. The second-order valence-electron chi connectivity index (χ2n) is 8.75. The van der Waals surface area contributed by atoms with Gasteiger partial charge in [0, 0.05) is 24.1 Å². The molecule has 9 heteroatoms. The van der Waals surface area contributed by atoms with Crippen LogP contribution in [0, 0.1) is 5.92 Å². The fourth-order valence-corrected chi connectivity index (χ4v) is 4.59. The van der Waals surface area contributed by atoms with E-state index in [1.54, 1.807) is 18.1 Å². The molecule has 0 radical (unpaired) electrons. The molecule has 0 spiro atoms. The average molecular weight is 490 g/mol. The number of H-pyrrole nitrogens is 1. The molecular weight excluding hydrogens is 458 g/mol. The van der Waals surface area contributed by atoms with Gasteiger partial charge in [-0.1, -0.05) is 61.9 Å². The summed E-state index contributed by atoms with van der Waals surface area (Å²) in [6, 6.07) is 18.0. The minimum Gasteiger partial charge on any atom is -0.496 e. The second-order valence-corrected chi connectivity index (χ2v) is 8.75. The Balaban J connectivity index is 1.51. The first kappa shape index (κ1) is 25.0. The number of carbonyl (C=O) groups is 3. The van der Waals surface area contributed by atoms with Crippen LogP contribution in [0.25, 0.3) is 11.3 Å². The van der Waals surface area contributed by atoms with E-state index in [4.69, 9.17) is 4.74 Å². The number of unbranched alkanes of at least 4 members (excludes halogenated alkanes) is 1. The lowest BCUT2D eigenvalue weighted by Gasteiger charge is -2.41. The Hall–Kier alpha value is -4.14. The van der Waals surface area contributed by atoms with Gasteiger partial charge in [0.25, 0.3) is 5.91 Å². The minimum absolute atomic E-state index is 0.0124. The monoisotopic (exact) mass is 489 g/mol. The maximum Gasteiger partial charge on any atom is 0.287 e. The number of nitrogens with one attached hydrogen (secondary N) is 3. The number of carbonyl (C=O) groups excluding carboxylic acids is 3. The van der Waals surface area contributed by atoms with E-state index in [1.165, 1.54) is 0 Å². The number of rotatable bonds is 8. The van der Waals surface area contributed by atoms with E-state index in [0.717, 1.165) is 24.0 Å². The van der Waals surface area contributed by atoms with Crippen molar-refractivity contribution in [2.24, 2.45) is 5.92 Å². The summed E-state index contributed by atoms with van der Waals surface area (Å²) >= 11 is 0. The highest BCUT2D eigenvalue weighted by molar-refractivity contribution is 5.95. The van der Waals surface area contributed by atoms with Gasteiger partial charge in [0.2, 0.25) is 11.8 Å². The highest BCUT2D eigenvalue weighted by Crippen LogP contribution is 2.40. The molecule has 3 amide bonds. The standard InChI is InChI=1S/C27H31N5O4/c1-3-4-16-32-24(33)15-14-20(25(32)19-12-8-9-13-23(19)36-2)26(34)30-31-27(35)22-17-21(28-29-22)18-10-6-5-7-11-18/h5-13,17,20,25H,3-4,14-16H2,1-2H3,(H,28,29)(H,30,34)(H,31,35). The summed E-state index contributed by atoms with van der Waals surface area (Å²) in [6.07, 6.45) is 2.38. The summed E-state index contributed by atoms with van der Waals surface area (Å²) in [7, 11) is 1.57. The zero-order valence-corrected chi connectivity index (χ0v) is 20.5. The van der Waals surface area contributed by atoms with Crippen molar-refractivity contribution in [1.29, 1.82) is 0 Å². The van der Waals surface area contributed by atoms with Crippen LogP contribution in [0.15, 0.2) is 60.7 Å². The van der Waals surface area contributed by atoms with Crippen molar-refractivity contribution in [1.82, 2.24) is 25.9 Å². The highest BCUT2D eigenvalue weighted by atomic mass is 16.5. The fraction of sp³-hybridized carbons (Fsp3) is 0.333. The Bertz CT molecular complexity index is 1210. The first-order valence-electron chi connectivity index (χ1n) is 12.2. The lowest BCUT2D eigenvalue weighted by Crippen LogP contribution is -2.52. The van der Waals surface area contributed by atoms with E-state index in [1.807, 2.05) is 54.6 Å². The number of aromatic nitrogens is 2. The van der Waals surface area contributed by atoms with Crippen molar-refractivity contribution < 1.29 is 19.1 Å². The number of aromatic amines is 1. The van der Waals surface area contributed by atoms with Crippen LogP contribution < -0.4 is 15.6 Å². The van der Waals surface area contributed by atoms with Crippen LogP contribution >= 0.6 is 0 Å². The Morgan fingerprint density at radius 3 is 2.61 bits per heavy atom. The first-order chi connectivity index (χ1) is 17.5. The van der Waals surface area contributed by atoms with Crippen LogP contribution in [0.4, 0.5) is 0 Å². The van der Waals surface area contributed by atoms with Crippen molar-refractivity contribution in [3.8, 4) is 17.0 Å². The third kappa shape index (κ3) is 5.40. The molecule has 1 aliphatic heterocycles. The zero-order valence-electron chi connectivity index (χ0n) is 20.5. The first-order valence-corrected chi connectivity index (χ1v) is 12.2. The average Bonchev–Trinajstić information content (AvgIpc) is 3.42. The molecule has 4 rings (SSSR count). The maximum atomic E-state index is 13.3. The molecule has 1 aromatic heterocycles. The van der Waals surface area contributed by atoms with Crippen LogP contribution in [0.1, 0.15) is 54.7 Å². The number of amides is 3. The number of benzene rings is 2. The van der Waals surface area contributed by atoms with Crippen molar-refractivity contribution >= 4 is 17.7 Å². The van der Waals surface area contributed by atoms with Crippen molar-refractivity contribution in [3.05, 3.63) is 71.9 Å². The summed E-state index contributed by atoms with van der Waals surface area (Å²) < 4.78 is 5.56. The van der Waals surface area contributed by atoms with Crippen molar-refractivity contribution in [3.63, 3.8) is 0 Å². The van der Waals surface area contributed by atoms with Gasteiger partial charge in [0.15, 0.2) is 0 Å². The van der Waals surface area contributed by atoms with Crippen LogP contribution in [0.2, 0.25) is 0 Å². The van der Waals surface area contributed by atoms with Gasteiger partial charge in [-0.05, 0) is 25.0 Å². The Labute approximate surface area is 210 Å². The van der Waals surface area contributed by atoms with E-state index in [-0.39, 0.29) is 23.9 Å². The van der Waals surface area contributed by atoms with E-state index < -0.39 is 17.9 Å². The van der Waals surface area contributed by atoms with Gasteiger partial charge in [0.05, 0.1) is 24.8 Å². The van der Waals surface area contributed by atoms with Gasteiger partial charge < -0.3 is 9.64 Å². The molecule has 9 nitrogen and oxygen atoms in total. The molecule has 36 heavy (non-hydrogen) atoms. The third-order valence-corrected chi connectivity index (χ3v) is 6.44. The molecule has 2 unspecified atom stereocenters. The molecule has 1 fully saturated rings. The number of nitrogens with zero attached hydrogens (tertiary/aromatic N) is 2. The normalized spacial score (nSPS) is 17.5. The number of likely N-dealkylation sites (tertiary alicyclic amines) is 1. The van der Waals surface area contributed by atoms with E-state index in [2.05, 4.69) is 28.0 Å². The van der Waals surface area contributed by atoms with Gasteiger partial charge in [-0.3, -0.25) is 30.3 Å². The van der Waals surface area contributed by atoms with E-state index in [0.29, 0.717) is 24.4 Å². The summed E-state index contributed by atoms with van der Waals surface area (Å²) in [6.45, 7) is 2.61. The lowest BCUT2D eigenvalue weighted by atomic mass is 9.83. The third-order valence-electron chi connectivity index (χ3n) is 6.44. The number of hydrazine groups is 1. The molecule has 188 valence electrons. The van der Waals surface area contributed by atoms with Crippen LogP contribution in [-0.4, -0.2) is 46.5 Å². The molecule has 2 atom stereocenters. The molecule has 2 heterocycles. The topological polar surface area (TPSA) is 116 Å². The largest absolute Gasteiger partial charge is 0.496 e. The predicted molar refractivity (Wildman–Crippen MR) is 135 cm³/mol. The smallest absolute Gasteiger partial charge is 0.287 e. The summed E-state index contributed by atoms with van der Waals surface area (Å²) in [5, 5.41) is 6.90. The summed E-state index contributed by atoms with van der Waals surface area (Å²) in [4.78, 5) is 40.7. The minimum atomic E-state index is -0.558. The van der Waals surface area contributed by atoms with Gasteiger partial charge in [0.1, 0.15) is 11.4 Å². The Kier molecular flexibility index (Phi) is 7.99. The summed E-state index contributed by atoms with van der Waals surface area (Å²) in [5.74, 6) is -0.805. The van der Waals surface area contributed by atoms with Gasteiger partial charge >= 0.3 is 0 Å². The maximum absolute atomic E-state index is 13.3. The van der Waals surface area contributed by atoms with Crippen molar-refractivity contribution in [2.45, 2.75) is 38.6 Å². The van der Waals surface area contributed by atoms with E-state index >= 15 is 0 Å². The van der Waals surface area contributed by atoms with Crippen LogP contribution in [0.3, 0.4) is 0 Å². The molecule has 3 aromatic rings. The second kappa shape index (κ2) is 11.5. The van der Waals surface area contributed by atoms with Crippen molar-refractivity contribution in [2.75, 3.05) is 13.7 Å². The van der Waals surface area contributed by atoms with Gasteiger partial charge in [-0.25, -0.2) is 0 Å². The predicted octanol–water partition coefficient (Wildman–Crippen LogP) is 3.63.